The molecule has 6 heavy (non-hydrogen) atoms. The molecule has 0 heterocycles. The van der Waals surface area contributed by atoms with Gasteiger partial charge in [-0.05, 0) is 22.7 Å². The molecule has 1 nitrogen and oxygen atoms in total. The van der Waals surface area contributed by atoms with E-state index < -0.39 is 0 Å². The zero-order chi connectivity index (χ0) is 4.99. The first-order valence-electron chi connectivity index (χ1n) is 1.89. The van der Waals surface area contributed by atoms with Gasteiger partial charge in [-0.25, -0.2) is 4.99 Å². The number of rotatable bonds is 1. The van der Waals surface area contributed by atoms with Crippen molar-refractivity contribution in [1.82, 2.24) is 0 Å². The molecule has 0 aromatic heterocycles. The predicted octanol–water partition coefficient (Wildman–Crippen LogP) is 1.44. The number of nitrogens with zero attached hydrogens (tertiary/aromatic N) is 1. The second kappa shape index (κ2) is 3.08. The van der Waals surface area contributed by atoms with Gasteiger partial charge in [-0.15, -0.1) is 0 Å². The monoisotopic (exact) mass is 101 g/mol. The lowest BCUT2D eigenvalue weighted by Crippen LogP contribution is -1.83. The lowest BCUT2D eigenvalue weighted by atomic mass is 10.4. The zero-order valence-corrected chi connectivity index (χ0v) is 5.02. The molecule has 0 bridgehead atoms. The summed E-state index contributed by atoms with van der Waals surface area (Å²) in [5.74, 6) is 0. The maximum atomic E-state index is 3.79. The van der Waals surface area contributed by atoms with Crippen molar-refractivity contribution >= 4 is 14.5 Å². The van der Waals surface area contributed by atoms with Crippen LogP contribution in [0.15, 0.2) is 4.99 Å². The Bertz CT molecular complexity index is 71.6. The van der Waals surface area contributed by atoms with Gasteiger partial charge in [0, 0.05) is 5.59 Å². The summed E-state index contributed by atoms with van der Waals surface area (Å²) in [6.45, 7) is 3.99. The summed E-state index contributed by atoms with van der Waals surface area (Å²) in [6.07, 6.45) is 0. The second-order valence-electron chi connectivity index (χ2n) is 1.33. The molecule has 0 spiro atoms. The third kappa shape index (κ3) is 3.88. The minimum absolute atomic E-state index is 0.363. The Balaban J connectivity index is 3.29. The van der Waals surface area contributed by atoms with E-state index in [0.29, 0.717) is 6.04 Å². The molecule has 0 saturated heterocycles. The molecule has 0 fully saturated rings. The Morgan fingerprint density at radius 3 is 2.17 bits per heavy atom. The maximum Gasteiger partial charge on any atom is 0.0541 e. The van der Waals surface area contributed by atoms with Crippen molar-refractivity contribution in [2.75, 3.05) is 0 Å². The van der Waals surface area contributed by atoms with Crippen molar-refractivity contribution in [3.63, 3.8) is 0 Å². The van der Waals surface area contributed by atoms with Gasteiger partial charge < -0.3 is 0 Å². The van der Waals surface area contributed by atoms with Crippen LogP contribution >= 0.6 is 8.86 Å². The van der Waals surface area contributed by atoms with Crippen molar-refractivity contribution in [1.29, 1.82) is 0 Å². The second-order valence-corrected chi connectivity index (χ2v) is 1.56. The predicted molar refractivity (Wildman–Crippen MR) is 30.9 cm³/mol. The lowest BCUT2D eigenvalue weighted by molar-refractivity contribution is 0.844. The van der Waals surface area contributed by atoms with Crippen molar-refractivity contribution in [3.8, 4) is 0 Å². The molecule has 0 amide bonds. The third-order valence-corrected chi connectivity index (χ3v) is 0.452. The first-order chi connectivity index (χ1) is 2.77. The van der Waals surface area contributed by atoms with E-state index in [-0.39, 0.29) is 0 Å². The van der Waals surface area contributed by atoms with Gasteiger partial charge in [-0.3, -0.25) is 0 Å². The van der Waals surface area contributed by atoms with Crippen LogP contribution in [0.1, 0.15) is 13.8 Å². The van der Waals surface area contributed by atoms with Gasteiger partial charge >= 0.3 is 0 Å². The average molecular weight is 101 g/mol. The van der Waals surface area contributed by atoms with Gasteiger partial charge in [-0.1, -0.05) is 0 Å². The van der Waals surface area contributed by atoms with E-state index in [1.165, 1.54) is 0 Å². The summed E-state index contributed by atoms with van der Waals surface area (Å²) in [5, 5.41) is 0. The quantitative estimate of drug-likeness (QED) is 0.350. The minimum atomic E-state index is 0.363. The zero-order valence-electron chi connectivity index (χ0n) is 4.02. The van der Waals surface area contributed by atoms with Crippen LogP contribution in [-0.2, 0) is 0 Å². The molecule has 0 radical (unpaired) electrons. The van der Waals surface area contributed by atoms with Gasteiger partial charge in [0.05, 0.1) is 6.04 Å². The fraction of sp³-hybridized carbons (Fsp3) is 0.750. The van der Waals surface area contributed by atoms with Crippen LogP contribution in [0.3, 0.4) is 0 Å². The Kier molecular flexibility index (Phi) is 3.02. The van der Waals surface area contributed by atoms with Crippen molar-refractivity contribution in [2.24, 2.45) is 4.99 Å². The molecule has 0 aliphatic rings. The van der Waals surface area contributed by atoms with Crippen molar-refractivity contribution in [3.05, 3.63) is 0 Å². The standard InChI is InChI=1S/C4H8NP/c1-4(2)5-3-6/h4,6H,1-2H3. The summed E-state index contributed by atoms with van der Waals surface area (Å²) in [5.41, 5.74) is 2.50. The summed E-state index contributed by atoms with van der Waals surface area (Å²) in [6, 6.07) is 0.363. The Morgan fingerprint density at radius 1 is 1.67 bits per heavy atom. The maximum absolute atomic E-state index is 3.79. The fourth-order valence-corrected chi connectivity index (χ4v) is 0.387. The van der Waals surface area contributed by atoms with E-state index in [0.717, 1.165) is 0 Å². The van der Waals surface area contributed by atoms with E-state index in [1.54, 1.807) is 0 Å². The average Bonchev–Trinajstić information content (AvgIpc) is 1.35. The summed E-state index contributed by atoms with van der Waals surface area (Å²) >= 11 is 0. The molecule has 0 N–H and O–H groups in total. The van der Waals surface area contributed by atoms with Crippen LogP contribution in [-0.4, -0.2) is 11.6 Å². The van der Waals surface area contributed by atoms with Gasteiger partial charge in [0.25, 0.3) is 0 Å². The topological polar surface area (TPSA) is 12.4 Å². The van der Waals surface area contributed by atoms with Crippen LogP contribution < -0.4 is 0 Å². The van der Waals surface area contributed by atoms with E-state index >= 15 is 0 Å². The molecular formula is C4H8NP. The third-order valence-electron chi connectivity index (χ3n) is 0.323. The van der Waals surface area contributed by atoms with Gasteiger partial charge in [0.1, 0.15) is 0 Å². The van der Waals surface area contributed by atoms with Crippen LogP contribution in [0.4, 0.5) is 0 Å². The normalized spacial score (nSPS) is 7.83. The Labute approximate surface area is 40.3 Å². The fourth-order valence-electron chi connectivity index (χ4n) is 0.129. The van der Waals surface area contributed by atoms with E-state index in [2.05, 4.69) is 19.4 Å². The van der Waals surface area contributed by atoms with E-state index in [1.807, 2.05) is 13.8 Å². The highest BCUT2D eigenvalue weighted by molar-refractivity contribution is 7.16. The number of hydrogen-bond donors (Lipinski definition) is 0. The molecule has 0 unspecified atom stereocenters. The van der Waals surface area contributed by atoms with Crippen molar-refractivity contribution in [2.45, 2.75) is 19.9 Å². The molecule has 0 aliphatic heterocycles. The summed E-state index contributed by atoms with van der Waals surface area (Å²) in [7, 11) is 2.98. The van der Waals surface area contributed by atoms with Gasteiger partial charge in [-0.2, -0.15) is 0 Å². The SMILES string of the molecule is CC(C)N=C=P. The molecule has 0 aliphatic carbocycles. The smallest absolute Gasteiger partial charge is 0.0541 e. The van der Waals surface area contributed by atoms with Crippen LogP contribution in [0.5, 0.6) is 0 Å². The molecule has 0 atom stereocenters. The molecule has 0 aromatic carbocycles. The van der Waals surface area contributed by atoms with Crippen LogP contribution in [0.25, 0.3) is 0 Å². The van der Waals surface area contributed by atoms with Gasteiger partial charge in [0.15, 0.2) is 0 Å². The van der Waals surface area contributed by atoms with E-state index in [9.17, 15) is 0 Å². The summed E-state index contributed by atoms with van der Waals surface area (Å²) < 4.78 is 0. The Hall–Kier alpha value is -0.120. The first kappa shape index (κ1) is 5.88. The molecule has 2 heteroatoms. The minimum Gasteiger partial charge on any atom is -0.236 e. The van der Waals surface area contributed by atoms with E-state index in [4.69, 9.17) is 0 Å². The molecule has 0 rings (SSSR count). The van der Waals surface area contributed by atoms with Gasteiger partial charge in [0.2, 0.25) is 0 Å². The van der Waals surface area contributed by atoms with Crippen molar-refractivity contribution < 1.29 is 0 Å². The molecular weight excluding hydrogens is 93.0 g/mol. The lowest BCUT2D eigenvalue weighted by Gasteiger charge is -1.84. The van der Waals surface area contributed by atoms with Crippen LogP contribution in [0.2, 0.25) is 0 Å². The number of hydrogen-bond acceptors (Lipinski definition) is 1. The highest BCUT2D eigenvalue weighted by atomic mass is 31.0. The summed E-state index contributed by atoms with van der Waals surface area (Å²) in [4.78, 5) is 3.79. The first-order valence-corrected chi connectivity index (χ1v) is 2.39. The Morgan fingerprint density at radius 2 is 2.17 bits per heavy atom. The number of aliphatic imine (C=N–C) groups is 1. The molecule has 0 saturated carbocycles. The molecule has 0 aromatic rings. The highest BCUT2D eigenvalue weighted by Gasteiger charge is 1.77. The highest BCUT2D eigenvalue weighted by Crippen LogP contribution is 1.79. The molecule has 34 valence electrons. The van der Waals surface area contributed by atoms with Crippen LogP contribution in [0, 0.1) is 0 Å². The largest absolute Gasteiger partial charge is 0.236 e.